The van der Waals surface area contributed by atoms with Crippen molar-refractivity contribution in [2.75, 3.05) is 33.3 Å². The second kappa shape index (κ2) is 8.67. The van der Waals surface area contributed by atoms with Crippen LogP contribution in [-0.2, 0) is 20.7 Å². The van der Waals surface area contributed by atoms with Gasteiger partial charge in [-0.05, 0) is 50.4 Å². The zero-order chi connectivity index (χ0) is 16.7. The molecule has 2 rings (SSSR count). The highest BCUT2D eigenvalue weighted by molar-refractivity contribution is 5.78. The van der Waals surface area contributed by atoms with Gasteiger partial charge in [0.05, 0.1) is 19.6 Å². The van der Waals surface area contributed by atoms with Gasteiger partial charge in [-0.25, -0.2) is 0 Å². The second-order valence-corrected chi connectivity index (χ2v) is 6.10. The number of nitrogens with zero attached hydrogens (tertiary/aromatic N) is 1. The van der Waals surface area contributed by atoms with Crippen molar-refractivity contribution in [3.05, 3.63) is 35.4 Å². The number of carbonyl (C=O) groups is 2. The minimum atomic E-state index is -0.132. The Hall–Kier alpha value is -1.88. The molecule has 126 valence electrons. The number of aryl methyl sites for hydroxylation is 1. The van der Waals surface area contributed by atoms with Crippen molar-refractivity contribution in [2.45, 2.75) is 26.2 Å². The SMILES string of the molecule is COC(=O)C1CCN(CC(=O)NCCc2ccccc2C)CC1. The Balaban J connectivity index is 1.66. The van der Waals surface area contributed by atoms with Gasteiger partial charge in [0.1, 0.15) is 0 Å². The van der Waals surface area contributed by atoms with Crippen LogP contribution < -0.4 is 5.32 Å². The van der Waals surface area contributed by atoms with Gasteiger partial charge in [-0.1, -0.05) is 24.3 Å². The average molecular weight is 318 g/mol. The van der Waals surface area contributed by atoms with Crippen molar-refractivity contribution in [1.82, 2.24) is 10.2 Å². The summed E-state index contributed by atoms with van der Waals surface area (Å²) in [5, 5.41) is 2.98. The largest absolute Gasteiger partial charge is 0.469 e. The zero-order valence-corrected chi connectivity index (χ0v) is 14.0. The Morgan fingerprint density at radius 2 is 1.96 bits per heavy atom. The summed E-state index contributed by atoms with van der Waals surface area (Å²) < 4.78 is 4.77. The topological polar surface area (TPSA) is 58.6 Å². The Morgan fingerprint density at radius 1 is 1.26 bits per heavy atom. The number of hydrogen-bond donors (Lipinski definition) is 1. The first-order chi connectivity index (χ1) is 11.1. The highest BCUT2D eigenvalue weighted by atomic mass is 16.5. The molecular weight excluding hydrogens is 292 g/mol. The fraction of sp³-hybridized carbons (Fsp3) is 0.556. The van der Waals surface area contributed by atoms with E-state index in [0.29, 0.717) is 13.1 Å². The van der Waals surface area contributed by atoms with E-state index in [-0.39, 0.29) is 17.8 Å². The number of piperidine rings is 1. The molecule has 5 nitrogen and oxygen atoms in total. The number of rotatable bonds is 6. The number of benzene rings is 1. The number of esters is 1. The summed E-state index contributed by atoms with van der Waals surface area (Å²) in [7, 11) is 1.43. The van der Waals surface area contributed by atoms with Gasteiger partial charge in [0.2, 0.25) is 5.91 Å². The summed E-state index contributed by atoms with van der Waals surface area (Å²) in [5.41, 5.74) is 2.53. The van der Waals surface area contributed by atoms with Crippen LogP contribution in [0.3, 0.4) is 0 Å². The van der Waals surface area contributed by atoms with E-state index >= 15 is 0 Å². The molecule has 1 aromatic carbocycles. The van der Waals surface area contributed by atoms with E-state index in [1.54, 1.807) is 0 Å². The van der Waals surface area contributed by atoms with Gasteiger partial charge in [-0.2, -0.15) is 0 Å². The molecule has 1 amide bonds. The number of hydrogen-bond acceptors (Lipinski definition) is 4. The second-order valence-electron chi connectivity index (χ2n) is 6.10. The van der Waals surface area contributed by atoms with Crippen molar-refractivity contribution in [1.29, 1.82) is 0 Å². The predicted molar refractivity (Wildman–Crippen MR) is 89.1 cm³/mol. The summed E-state index contributed by atoms with van der Waals surface area (Å²) in [6.45, 7) is 4.68. The molecule has 1 heterocycles. The van der Waals surface area contributed by atoms with Gasteiger partial charge in [-0.15, -0.1) is 0 Å². The Bertz CT molecular complexity index is 537. The molecule has 0 radical (unpaired) electrons. The Kier molecular flexibility index (Phi) is 6.59. The fourth-order valence-corrected chi connectivity index (χ4v) is 2.98. The van der Waals surface area contributed by atoms with Gasteiger partial charge in [0.25, 0.3) is 0 Å². The van der Waals surface area contributed by atoms with Gasteiger partial charge < -0.3 is 10.1 Å². The predicted octanol–water partition coefficient (Wildman–Crippen LogP) is 1.54. The summed E-state index contributed by atoms with van der Waals surface area (Å²) in [6, 6.07) is 8.23. The Labute approximate surface area is 138 Å². The Morgan fingerprint density at radius 3 is 2.61 bits per heavy atom. The van der Waals surface area contributed by atoms with Crippen LogP contribution in [0.1, 0.15) is 24.0 Å². The quantitative estimate of drug-likeness (QED) is 0.808. The van der Waals surface area contributed by atoms with Crippen LogP contribution in [0.15, 0.2) is 24.3 Å². The molecule has 0 aliphatic carbocycles. The monoisotopic (exact) mass is 318 g/mol. The maximum atomic E-state index is 12.0. The van der Waals surface area contributed by atoms with Crippen LogP contribution in [0.2, 0.25) is 0 Å². The van der Waals surface area contributed by atoms with Crippen LogP contribution in [0.25, 0.3) is 0 Å². The van der Waals surface area contributed by atoms with Crippen molar-refractivity contribution in [2.24, 2.45) is 5.92 Å². The molecule has 0 spiro atoms. The van der Waals surface area contributed by atoms with Crippen molar-refractivity contribution >= 4 is 11.9 Å². The van der Waals surface area contributed by atoms with Crippen LogP contribution in [0.5, 0.6) is 0 Å². The van der Waals surface area contributed by atoms with E-state index in [4.69, 9.17) is 4.74 Å². The summed E-state index contributed by atoms with van der Waals surface area (Å²) in [6.07, 6.45) is 2.38. The van der Waals surface area contributed by atoms with E-state index in [1.807, 2.05) is 12.1 Å². The normalized spacial score (nSPS) is 16.1. The molecule has 1 fully saturated rings. The lowest BCUT2D eigenvalue weighted by molar-refractivity contribution is -0.147. The van der Waals surface area contributed by atoms with Crippen molar-refractivity contribution in [3.8, 4) is 0 Å². The first kappa shape index (κ1) is 17.5. The average Bonchev–Trinajstić information content (AvgIpc) is 2.56. The summed E-state index contributed by atoms with van der Waals surface area (Å²) >= 11 is 0. The smallest absolute Gasteiger partial charge is 0.308 e. The third kappa shape index (κ3) is 5.36. The standard InChI is InChI=1S/C18H26N2O3/c1-14-5-3-4-6-15(14)7-10-19-17(21)13-20-11-8-16(9-12-20)18(22)23-2/h3-6,16H,7-13H2,1-2H3,(H,19,21). The van der Waals surface area contributed by atoms with Crippen molar-refractivity contribution in [3.63, 3.8) is 0 Å². The van der Waals surface area contributed by atoms with Crippen LogP contribution >= 0.6 is 0 Å². The molecule has 0 atom stereocenters. The molecule has 1 aliphatic heterocycles. The van der Waals surface area contributed by atoms with E-state index in [0.717, 1.165) is 32.4 Å². The number of methoxy groups -OCH3 is 1. The molecule has 0 bridgehead atoms. The fourth-order valence-electron chi connectivity index (χ4n) is 2.98. The van der Waals surface area contributed by atoms with Crippen LogP contribution in [0, 0.1) is 12.8 Å². The number of nitrogens with one attached hydrogen (secondary N) is 1. The molecule has 5 heteroatoms. The third-order valence-corrected chi connectivity index (χ3v) is 4.47. The molecule has 23 heavy (non-hydrogen) atoms. The summed E-state index contributed by atoms with van der Waals surface area (Å²) in [5.74, 6) is -0.0946. The molecule has 1 N–H and O–H groups in total. The van der Waals surface area contributed by atoms with Crippen LogP contribution in [0.4, 0.5) is 0 Å². The maximum Gasteiger partial charge on any atom is 0.308 e. The van der Waals surface area contributed by atoms with E-state index in [2.05, 4.69) is 29.3 Å². The minimum absolute atomic E-state index is 0.0135. The van der Waals surface area contributed by atoms with Gasteiger partial charge in [0.15, 0.2) is 0 Å². The highest BCUT2D eigenvalue weighted by Gasteiger charge is 2.26. The molecule has 0 unspecified atom stereocenters. The van der Waals surface area contributed by atoms with Gasteiger partial charge in [-0.3, -0.25) is 14.5 Å². The van der Waals surface area contributed by atoms with Gasteiger partial charge >= 0.3 is 5.97 Å². The molecular formula is C18H26N2O3. The number of ether oxygens (including phenoxy) is 1. The third-order valence-electron chi connectivity index (χ3n) is 4.47. The van der Waals surface area contributed by atoms with Crippen LogP contribution in [-0.4, -0.2) is 50.1 Å². The summed E-state index contributed by atoms with van der Waals surface area (Å²) in [4.78, 5) is 25.6. The zero-order valence-electron chi connectivity index (χ0n) is 14.0. The maximum absolute atomic E-state index is 12.0. The minimum Gasteiger partial charge on any atom is -0.469 e. The first-order valence-corrected chi connectivity index (χ1v) is 8.21. The number of carbonyl (C=O) groups excluding carboxylic acids is 2. The lowest BCUT2D eigenvalue weighted by Gasteiger charge is -2.29. The number of likely N-dealkylation sites (tertiary alicyclic amines) is 1. The van der Waals surface area contributed by atoms with Crippen molar-refractivity contribution < 1.29 is 14.3 Å². The van der Waals surface area contributed by atoms with E-state index < -0.39 is 0 Å². The lowest BCUT2D eigenvalue weighted by atomic mass is 9.97. The van der Waals surface area contributed by atoms with Gasteiger partial charge in [0, 0.05) is 6.54 Å². The number of amides is 1. The van der Waals surface area contributed by atoms with E-state index in [1.165, 1.54) is 18.2 Å². The molecule has 1 saturated heterocycles. The highest BCUT2D eigenvalue weighted by Crippen LogP contribution is 2.17. The molecule has 1 aliphatic rings. The first-order valence-electron chi connectivity index (χ1n) is 8.21. The molecule has 0 aromatic heterocycles. The van der Waals surface area contributed by atoms with E-state index in [9.17, 15) is 9.59 Å². The molecule has 1 aromatic rings. The molecule has 0 saturated carbocycles. The lowest BCUT2D eigenvalue weighted by Crippen LogP contribution is -2.43.